The van der Waals surface area contributed by atoms with Crippen LogP contribution in [-0.2, 0) is 13.0 Å². The lowest BCUT2D eigenvalue weighted by Gasteiger charge is -2.13. The number of hydrogen-bond donors (Lipinski definition) is 0. The summed E-state index contributed by atoms with van der Waals surface area (Å²) in [5.41, 5.74) is 0.695. The number of ketones is 1. The summed E-state index contributed by atoms with van der Waals surface area (Å²) in [4.78, 5) is 16.9. The highest BCUT2D eigenvalue weighted by Gasteiger charge is 2.32. The Hall–Kier alpha value is -2.45. The van der Waals surface area contributed by atoms with Crippen LogP contribution in [0.2, 0.25) is 10.0 Å². The third-order valence-corrected chi connectivity index (χ3v) is 4.96. The third kappa shape index (κ3) is 4.59. The van der Waals surface area contributed by atoms with Gasteiger partial charge in [-0.1, -0.05) is 23.2 Å². The van der Waals surface area contributed by atoms with E-state index in [1.165, 1.54) is 43.1 Å². The van der Waals surface area contributed by atoms with E-state index in [4.69, 9.17) is 32.7 Å². The van der Waals surface area contributed by atoms with E-state index >= 15 is 0 Å². The topological polar surface area (TPSA) is 53.4 Å². The number of rotatable bonds is 6. The van der Waals surface area contributed by atoms with Gasteiger partial charge in [0.1, 0.15) is 23.7 Å². The molecule has 5 nitrogen and oxygen atoms in total. The van der Waals surface area contributed by atoms with Crippen molar-refractivity contribution in [2.75, 3.05) is 14.2 Å². The largest absolute Gasteiger partial charge is 0.497 e. The maximum atomic E-state index is 13.0. The molecule has 0 amide bonds. The van der Waals surface area contributed by atoms with Crippen molar-refractivity contribution in [2.45, 2.75) is 19.1 Å². The summed E-state index contributed by atoms with van der Waals surface area (Å²) < 4.78 is 50.6. The van der Waals surface area contributed by atoms with E-state index in [1.54, 1.807) is 6.07 Å². The Labute approximate surface area is 173 Å². The Morgan fingerprint density at radius 3 is 2.41 bits per heavy atom. The number of alkyl halides is 3. The van der Waals surface area contributed by atoms with Crippen LogP contribution in [0.5, 0.6) is 11.5 Å². The molecule has 0 aliphatic rings. The predicted molar refractivity (Wildman–Crippen MR) is 103 cm³/mol. The molecule has 29 heavy (non-hydrogen) atoms. The van der Waals surface area contributed by atoms with Crippen LogP contribution in [0.3, 0.4) is 0 Å². The summed E-state index contributed by atoms with van der Waals surface area (Å²) >= 11 is 12.0. The van der Waals surface area contributed by atoms with Crippen molar-refractivity contribution >= 4 is 40.0 Å². The number of carbonyl (C=O) groups excluding carboxylic acids is 1. The Bertz CT molecular complexity index is 1080. The molecule has 10 heteroatoms. The van der Waals surface area contributed by atoms with Gasteiger partial charge in [0, 0.05) is 6.07 Å². The molecule has 0 atom stereocenters. The zero-order valence-corrected chi connectivity index (χ0v) is 16.8. The number of ether oxygens (including phenoxy) is 2. The molecular formula is C19H15Cl2F3N2O3. The molecule has 0 unspecified atom stereocenters. The molecule has 0 N–H and O–H groups in total. The smallest absolute Gasteiger partial charge is 0.396 e. The summed E-state index contributed by atoms with van der Waals surface area (Å²) in [5.74, 6) is -0.0483. The fraction of sp³-hybridized carbons (Fsp3) is 0.263. The number of benzene rings is 2. The number of aromatic nitrogens is 2. The summed E-state index contributed by atoms with van der Waals surface area (Å²) in [7, 11) is 2.85. The molecule has 3 rings (SSSR count). The van der Waals surface area contributed by atoms with Crippen molar-refractivity contribution in [3.05, 3.63) is 51.8 Å². The van der Waals surface area contributed by atoms with Crippen LogP contribution in [-0.4, -0.2) is 35.7 Å². The highest BCUT2D eigenvalue weighted by Crippen LogP contribution is 2.31. The molecule has 0 aliphatic carbocycles. The number of nitrogens with zero attached hydrogens (tertiary/aromatic N) is 2. The van der Waals surface area contributed by atoms with Crippen LogP contribution in [0.25, 0.3) is 11.0 Å². The second kappa shape index (κ2) is 8.12. The van der Waals surface area contributed by atoms with Gasteiger partial charge in [0.25, 0.3) is 0 Å². The van der Waals surface area contributed by atoms with Crippen molar-refractivity contribution in [3.8, 4) is 11.5 Å². The third-order valence-electron chi connectivity index (χ3n) is 4.24. The average molecular weight is 447 g/mol. The Morgan fingerprint density at radius 2 is 1.79 bits per heavy atom. The molecule has 0 bridgehead atoms. The minimum atomic E-state index is -4.51. The molecule has 1 aromatic heterocycles. The molecule has 0 saturated heterocycles. The second-order valence-electron chi connectivity index (χ2n) is 6.15. The summed E-state index contributed by atoms with van der Waals surface area (Å²) in [6, 6.07) is 7.34. The second-order valence-corrected chi connectivity index (χ2v) is 6.96. The lowest BCUT2D eigenvalue weighted by Crippen LogP contribution is -2.19. The van der Waals surface area contributed by atoms with Gasteiger partial charge < -0.3 is 14.0 Å². The van der Waals surface area contributed by atoms with Crippen molar-refractivity contribution in [1.82, 2.24) is 9.55 Å². The van der Waals surface area contributed by atoms with E-state index in [0.717, 1.165) is 0 Å². The van der Waals surface area contributed by atoms with Gasteiger partial charge in [0.2, 0.25) is 0 Å². The van der Waals surface area contributed by atoms with Crippen LogP contribution in [0.15, 0.2) is 30.3 Å². The summed E-state index contributed by atoms with van der Waals surface area (Å²) in [6.07, 6.45) is -5.81. The Kier molecular flexibility index (Phi) is 5.95. The fourth-order valence-electron chi connectivity index (χ4n) is 2.92. The van der Waals surface area contributed by atoms with Gasteiger partial charge in [0.15, 0.2) is 5.78 Å². The quantitative estimate of drug-likeness (QED) is 0.479. The van der Waals surface area contributed by atoms with E-state index in [9.17, 15) is 18.0 Å². The number of methoxy groups -OCH3 is 2. The van der Waals surface area contributed by atoms with E-state index in [-0.39, 0.29) is 44.8 Å². The maximum Gasteiger partial charge on any atom is 0.396 e. The predicted octanol–water partition coefficient (Wildman–Crippen LogP) is 5.35. The lowest BCUT2D eigenvalue weighted by atomic mass is 10.1. The first-order valence-electron chi connectivity index (χ1n) is 8.29. The van der Waals surface area contributed by atoms with Gasteiger partial charge in [-0.15, -0.1) is 0 Å². The summed E-state index contributed by atoms with van der Waals surface area (Å²) in [5, 5.41) is 0.305. The van der Waals surface area contributed by atoms with Crippen molar-refractivity contribution in [1.29, 1.82) is 0 Å². The van der Waals surface area contributed by atoms with Crippen LogP contribution in [0.1, 0.15) is 16.2 Å². The lowest BCUT2D eigenvalue weighted by molar-refractivity contribution is -0.128. The van der Waals surface area contributed by atoms with Crippen LogP contribution in [0, 0.1) is 0 Å². The molecule has 1 heterocycles. The molecule has 2 aromatic carbocycles. The number of imidazole rings is 1. The Morgan fingerprint density at radius 1 is 1.10 bits per heavy atom. The normalized spacial score (nSPS) is 11.7. The van der Waals surface area contributed by atoms with Crippen molar-refractivity contribution in [3.63, 3.8) is 0 Å². The highest BCUT2D eigenvalue weighted by atomic mass is 35.5. The van der Waals surface area contributed by atoms with Gasteiger partial charge in [-0.25, -0.2) is 4.98 Å². The first kappa shape index (κ1) is 21.3. The van der Waals surface area contributed by atoms with E-state index in [2.05, 4.69) is 4.98 Å². The molecule has 0 aliphatic heterocycles. The summed E-state index contributed by atoms with van der Waals surface area (Å²) in [6.45, 7) is -0.386. The number of fused-ring (bicyclic) bond motifs is 1. The van der Waals surface area contributed by atoms with Crippen molar-refractivity contribution < 1.29 is 27.4 Å². The van der Waals surface area contributed by atoms with E-state index < -0.39 is 18.4 Å². The standard InChI is InChI=1S/C19H15Cl2F3N2O3/c1-28-10-3-4-11(17(5-10)29-2)16(27)9-26-15-7-13(21)12(20)6-14(15)25-18(26)8-19(22,23)24/h3-7H,8-9H2,1-2H3. The number of Topliss-reactive ketones (excluding diaryl/α,β-unsaturated/α-hetero) is 1. The van der Waals surface area contributed by atoms with E-state index in [0.29, 0.717) is 5.75 Å². The number of carbonyl (C=O) groups is 1. The molecule has 0 saturated carbocycles. The van der Waals surface area contributed by atoms with Gasteiger partial charge >= 0.3 is 6.18 Å². The maximum absolute atomic E-state index is 13.0. The van der Waals surface area contributed by atoms with Crippen LogP contribution < -0.4 is 9.47 Å². The zero-order valence-electron chi connectivity index (χ0n) is 15.3. The minimum Gasteiger partial charge on any atom is -0.497 e. The molecule has 154 valence electrons. The number of hydrogen-bond acceptors (Lipinski definition) is 4. The molecule has 0 radical (unpaired) electrons. The zero-order chi connectivity index (χ0) is 21.3. The SMILES string of the molecule is COc1ccc(C(=O)Cn2c(CC(F)(F)F)nc3cc(Cl)c(Cl)cc32)c(OC)c1. The molecule has 0 fully saturated rings. The van der Waals surface area contributed by atoms with Crippen molar-refractivity contribution in [2.24, 2.45) is 0 Å². The fourth-order valence-corrected chi connectivity index (χ4v) is 3.23. The average Bonchev–Trinajstić information content (AvgIpc) is 2.95. The minimum absolute atomic E-state index is 0.147. The van der Waals surface area contributed by atoms with Crippen LogP contribution in [0.4, 0.5) is 13.2 Å². The molecule has 3 aromatic rings. The molecular weight excluding hydrogens is 432 g/mol. The monoisotopic (exact) mass is 446 g/mol. The first-order chi connectivity index (χ1) is 13.6. The Balaban J connectivity index is 2.07. The van der Waals surface area contributed by atoms with Gasteiger partial charge in [-0.05, 0) is 24.3 Å². The number of halogens is 5. The van der Waals surface area contributed by atoms with Gasteiger partial charge in [-0.3, -0.25) is 4.79 Å². The first-order valence-corrected chi connectivity index (χ1v) is 9.04. The van der Waals surface area contributed by atoms with Gasteiger partial charge in [-0.2, -0.15) is 13.2 Å². The highest BCUT2D eigenvalue weighted by molar-refractivity contribution is 6.42. The van der Waals surface area contributed by atoms with E-state index in [1.807, 2.05) is 0 Å². The van der Waals surface area contributed by atoms with Crippen LogP contribution >= 0.6 is 23.2 Å². The van der Waals surface area contributed by atoms with Gasteiger partial charge in [0.05, 0.1) is 47.4 Å². The molecule has 0 spiro atoms.